The Morgan fingerprint density at radius 2 is 1.96 bits per heavy atom. The first kappa shape index (κ1) is 15.4. The maximum atomic E-state index is 10.2. The maximum Gasteiger partial charge on any atom is 0.191 e. The molecule has 4 heterocycles. The highest BCUT2D eigenvalue weighted by molar-refractivity contribution is 5.85. The van der Waals surface area contributed by atoms with Crippen LogP contribution >= 0.6 is 0 Å². The average molecular weight is 334 g/mol. The summed E-state index contributed by atoms with van der Waals surface area (Å²) >= 11 is 0. The van der Waals surface area contributed by atoms with Crippen molar-refractivity contribution < 1.29 is 20.1 Å². The molecule has 1 aliphatic heterocycles. The molecular weight excluding hydrogens is 316 g/mol. The van der Waals surface area contributed by atoms with Crippen LogP contribution in [-0.2, 0) is 11.2 Å². The molecule has 0 spiro atoms. The van der Waals surface area contributed by atoms with Crippen molar-refractivity contribution in [1.29, 1.82) is 0 Å². The number of nitrogens with zero attached hydrogens (tertiary/aromatic N) is 6. The molecule has 24 heavy (non-hydrogen) atoms. The number of fused-ring (bicyclic) bond motifs is 3. The number of aliphatic hydroxyl groups excluding tert-OH is 3. The third-order valence-corrected chi connectivity index (χ3v) is 4.31. The smallest absolute Gasteiger partial charge is 0.191 e. The highest BCUT2D eigenvalue weighted by Gasteiger charge is 2.44. The summed E-state index contributed by atoms with van der Waals surface area (Å²) in [4.78, 5) is 8.70. The lowest BCUT2D eigenvalue weighted by molar-refractivity contribution is -0.0511. The predicted molar refractivity (Wildman–Crippen MR) is 81.1 cm³/mol. The van der Waals surface area contributed by atoms with Crippen LogP contribution in [0.15, 0.2) is 12.7 Å². The minimum atomic E-state index is -1.19. The molecule has 0 aliphatic carbocycles. The van der Waals surface area contributed by atoms with E-state index < -0.39 is 24.5 Å². The van der Waals surface area contributed by atoms with Gasteiger partial charge in [0.05, 0.1) is 12.9 Å². The molecule has 10 heteroatoms. The molecule has 0 radical (unpaired) electrons. The Hall–Kier alpha value is -2.14. The molecule has 128 valence electrons. The minimum absolute atomic E-state index is 0.385. The summed E-state index contributed by atoms with van der Waals surface area (Å²) in [5.41, 5.74) is 1.58. The number of hydrogen-bond donors (Lipinski definition) is 3. The molecule has 1 saturated heterocycles. The van der Waals surface area contributed by atoms with Crippen LogP contribution in [0.5, 0.6) is 0 Å². The van der Waals surface area contributed by atoms with Crippen molar-refractivity contribution in [1.82, 2.24) is 29.1 Å². The molecule has 3 aromatic rings. The molecule has 1 aliphatic rings. The van der Waals surface area contributed by atoms with Crippen molar-refractivity contribution in [2.24, 2.45) is 0 Å². The summed E-state index contributed by atoms with van der Waals surface area (Å²) in [7, 11) is 0. The first-order valence-corrected chi connectivity index (χ1v) is 7.83. The Kier molecular flexibility index (Phi) is 3.68. The second-order valence-corrected chi connectivity index (χ2v) is 5.86. The van der Waals surface area contributed by atoms with Crippen LogP contribution in [0, 0.1) is 0 Å². The Morgan fingerprint density at radius 1 is 1.12 bits per heavy atom. The van der Waals surface area contributed by atoms with E-state index in [2.05, 4.69) is 27.1 Å². The van der Waals surface area contributed by atoms with Crippen molar-refractivity contribution in [2.45, 2.75) is 44.3 Å². The molecule has 4 atom stereocenters. The standard InChI is InChI=1S/C14H18N6O4/c1-2-3-8-17-18-13-9-12(16-6-19(8)13)20(5-15-9)14-11(23)10(22)7(4-21)24-14/h5-7,10-11,14,21-23H,2-4H2,1H3/t7-,10-,11-,14-/m1/s1. The van der Waals surface area contributed by atoms with Crippen molar-refractivity contribution in [3.8, 4) is 0 Å². The monoisotopic (exact) mass is 334 g/mol. The zero-order chi connectivity index (χ0) is 16.8. The molecule has 3 aromatic heterocycles. The molecule has 4 rings (SSSR count). The third-order valence-electron chi connectivity index (χ3n) is 4.31. The van der Waals surface area contributed by atoms with Gasteiger partial charge in [-0.15, -0.1) is 10.2 Å². The van der Waals surface area contributed by atoms with Gasteiger partial charge >= 0.3 is 0 Å². The average Bonchev–Trinajstić information content (AvgIpc) is 3.25. The first-order valence-electron chi connectivity index (χ1n) is 7.83. The SMILES string of the molecule is CCCc1nnc2c3ncn([C@@H]4O[C@H](CO)[C@@H](O)[C@H]4O)c3ncn12. The highest BCUT2D eigenvalue weighted by atomic mass is 16.6. The molecule has 0 bridgehead atoms. The minimum Gasteiger partial charge on any atom is -0.394 e. The fourth-order valence-electron chi connectivity index (χ4n) is 3.05. The number of imidazole rings is 1. The zero-order valence-corrected chi connectivity index (χ0v) is 13.0. The fraction of sp³-hybridized carbons (Fsp3) is 0.571. The zero-order valence-electron chi connectivity index (χ0n) is 13.0. The molecular formula is C14H18N6O4. The van der Waals surface area contributed by atoms with Gasteiger partial charge in [-0.25, -0.2) is 9.97 Å². The van der Waals surface area contributed by atoms with E-state index in [0.717, 1.165) is 18.7 Å². The van der Waals surface area contributed by atoms with E-state index in [1.165, 1.54) is 10.9 Å². The molecule has 0 aromatic carbocycles. The summed E-state index contributed by atoms with van der Waals surface area (Å²) in [5, 5.41) is 37.7. The van der Waals surface area contributed by atoms with Gasteiger partial charge in [-0.2, -0.15) is 0 Å². The van der Waals surface area contributed by atoms with Gasteiger partial charge in [0.15, 0.2) is 23.0 Å². The Bertz CT molecular complexity index is 877. The predicted octanol–water partition coefficient (Wildman–Crippen LogP) is -0.962. The van der Waals surface area contributed by atoms with Gasteiger partial charge in [0.1, 0.15) is 30.5 Å². The molecule has 1 fully saturated rings. The van der Waals surface area contributed by atoms with E-state index in [4.69, 9.17) is 4.74 Å². The molecule has 0 saturated carbocycles. The van der Waals surface area contributed by atoms with E-state index in [1.54, 1.807) is 10.7 Å². The van der Waals surface area contributed by atoms with E-state index in [-0.39, 0.29) is 6.61 Å². The number of rotatable bonds is 4. The second-order valence-electron chi connectivity index (χ2n) is 5.86. The van der Waals surface area contributed by atoms with Crippen LogP contribution in [0.3, 0.4) is 0 Å². The van der Waals surface area contributed by atoms with Gasteiger partial charge < -0.3 is 20.1 Å². The Balaban J connectivity index is 1.80. The van der Waals surface area contributed by atoms with Gasteiger partial charge in [-0.1, -0.05) is 6.92 Å². The Labute approximate surface area is 136 Å². The lowest BCUT2D eigenvalue weighted by Crippen LogP contribution is -2.33. The molecule has 0 unspecified atom stereocenters. The van der Waals surface area contributed by atoms with E-state index in [9.17, 15) is 15.3 Å². The third kappa shape index (κ3) is 2.11. The van der Waals surface area contributed by atoms with Gasteiger partial charge in [0, 0.05) is 6.42 Å². The number of ether oxygens (including phenoxy) is 1. The number of hydrogen-bond acceptors (Lipinski definition) is 8. The topological polar surface area (TPSA) is 131 Å². The van der Waals surface area contributed by atoms with Crippen LogP contribution in [0.25, 0.3) is 16.8 Å². The quantitative estimate of drug-likeness (QED) is 0.556. The van der Waals surface area contributed by atoms with Crippen molar-refractivity contribution in [3.63, 3.8) is 0 Å². The van der Waals surface area contributed by atoms with Crippen molar-refractivity contribution in [2.75, 3.05) is 6.61 Å². The maximum absolute atomic E-state index is 10.2. The van der Waals surface area contributed by atoms with E-state index >= 15 is 0 Å². The van der Waals surface area contributed by atoms with Gasteiger partial charge in [0.25, 0.3) is 0 Å². The van der Waals surface area contributed by atoms with Crippen LogP contribution in [-0.4, -0.2) is 69.4 Å². The first-order chi connectivity index (χ1) is 11.7. The number of aromatic nitrogens is 6. The molecule has 0 amide bonds. The Morgan fingerprint density at radius 3 is 2.67 bits per heavy atom. The summed E-state index contributed by atoms with van der Waals surface area (Å²) < 4.78 is 8.86. The van der Waals surface area contributed by atoms with Crippen LogP contribution in [0.1, 0.15) is 25.4 Å². The van der Waals surface area contributed by atoms with Gasteiger partial charge in [-0.3, -0.25) is 8.97 Å². The molecule has 3 N–H and O–H groups in total. The van der Waals surface area contributed by atoms with Crippen LogP contribution in [0.4, 0.5) is 0 Å². The number of aliphatic hydroxyl groups is 3. The van der Waals surface area contributed by atoms with Crippen molar-refractivity contribution >= 4 is 16.8 Å². The second kappa shape index (κ2) is 5.74. The van der Waals surface area contributed by atoms with E-state index in [0.29, 0.717) is 16.8 Å². The normalized spacial score (nSPS) is 27.5. The summed E-state index contributed by atoms with van der Waals surface area (Å²) in [5.74, 6) is 0.810. The summed E-state index contributed by atoms with van der Waals surface area (Å²) in [6.45, 7) is 1.67. The van der Waals surface area contributed by atoms with E-state index in [1.807, 2.05) is 0 Å². The highest BCUT2D eigenvalue weighted by Crippen LogP contribution is 2.31. The van der Waals surface area contributed by atoms with Gasteiger partial charge in [0.2, 0.25) is 0 Å². The van der Waals surface area contributed by atoms with Gasteiger partial charge in [-0.05, 0) is 6.42 Å². The summed E-state index contributed by atoms with van der Waals surface area (Å²) in [6.07, 6.45) is 0.718. The lowest BCUT2D eigenvalue weighted by atomic mass is 10.1. The molecule has 10 nitrogen and oxygen atoms in total. The number of aryl methyl sites for hydroxylation is 1. The lowest BCUT2D eigenvalue weighted by Gasteiger charge is -2.16. The fourth-order valence-corrected chi connectivity index (χ4v) is 3.05. The largest absolute Gasteiger partial charge is 0.394 e. The summed E-state index contributed by atoms with van der Waals surface area (Å²) in [6, 6.07) is 0. The van der Waals surface area contributed by atoms with Crippen LogP contribution < -0.4 is 0 Å². The van der Waals surface area contributed by atoms with Crippen LogP contribution in [0.2, 0.25) is 0 Å². The van der Waals surface area contributed by atoms with Crippen molar-refractivity contribution in [3.05, 3.63) is 18.5 Å².